The largest absolute Gasteiger partial charge is 0.329 e. The maximum absolute atomic E-state index is 13.5. The maximum Gasteiger partial charge on any atom is 0.126 e. The van der Waals surface area contributed by atoms with Gasteiger partial charge in [0.05, 0.1) is 6.54 Å². The average molecular weight is 220 g/mol. The van der Waals surface area contributed by atoms with Crippen LogP contribution in [-0.2, 0) is 6.42 Å². The van der Waals surface area contributed by atoms with E-state index >= 15 is 0 Å². The molecular weight excluding hydrogens is 203 g/mol. The van der Waals surface area contributed by atoms with Gasteiger partial charge in [0.15, 0.2) is 0 Å². The fourth-order valence-corrected chi connectivity index (χ4v) is 1.53. The van der Waals surface area contributed by atoms with E-state index in [-0.39, 0.29) is 11.4 Å². The smallest absolute Gasteiger partial charge is 0.126 e. The Labute approximate surface area is 96.0 Å². The summed E-state index contributed by atoms with van der Waals surface area (Å²) in [7, 11) is 0. The number of benzene rings is 1. The molecule has 0 bridgehead atoms. The fourth-order valence-electron chi connectivity index (χ4n) is 1.53. The molecule has 0 fully saturated rings. The predicted octanol–water partition coefficient (Wildman–Crippen LogP) is 1.31. The second-order valence-corrected chi connectivity index (χ2v) is 4.09. The molecule has 86 valence electrons. The first kappa shape index (κ1) is 12.7. The van der Waals surface area contributed by atoms with Crippen molar-refractivity contribution in [1.29, 1.82) is 0 Å². The van der Waals surface area contributed by atoms with Crippen LogP contribution < -0.4 is 11.1 Å². The van der Waals surface area contributed by atoms with Gasteiger partial charge in [-0.3, -0.25) is 5.32 Å². The van der Waals surface area contributed by atoms with Gasteiger partial charge in [0, 0.05) is 12.1 Å². The Bertz CT molecular complexity index is 384. The lowest BCUT2D eigenvalue weighted by molar-refractivity contribution is 0.374. The van der Waals surface area contributed by atoms with Crippen molar-refractivity contribution in [2.75, 3.05) is 13.1 Å². The van der Waals surface area contributed by atoms with Crippen molar-refractivity contribution >= 4 is 0 Å². The van der Waals surface area contributed by atoms with Crippen molar-refractivity contribution in [3.63, 3.8) is 0 Å². The number of halogens is 1. The Kier molecular flexibility index (Phi) is 4.48. The molecule has 1 rings (SSSR count). The van der Waals surface area contributed by atoms with Crippen LogP contribution in [0.15, 0.2) is 24.3 Å². The molecule has 0 aliphatic carbocycles. The van der Waals surface area contributed by atoms with Crippen molar-refractivity contribution in [3.05, 3.63) is 35.6 Å². The normalized spacial score (nSPS) is 14.1. The van der Waals surface area contributed by atoms with E-state index in [2.05, 4.69) is 11.2 Å². The average Bonchev–Trinajstić information content (AvgIpc) is 2.30. The van der Waals surface area contributed by atoms with Gasteiger partial charge >= 0.3 is 0 Å². The maximum atomic E-state index is 13.5. The molecule has 0 spiro atoms. The zero-order valence-corrected chi connectivity index (χ0v) is 9.46. The zero-order chi connectivity index (χ0) is 12.0. The molecule has 1 aromatic carbocycles. The molecular formula is C13H17FN2. The monoisotopic (exact) mass is 220 g/mol. The number of nitrogens with two attached hydrogens (primary N) is 1. The molecule has 16 heavy (non-hydrogen) atoms. The summed E-state index contributed by atoms with van der Waals surface area (Å²) in [5, 5.41) is 3.14. The molecule has 1 atom stereocenters. The van der Waals surface area contributed by atoms with Crippen molar-refractivity contribution in [2.24, 2.45) is 5.73 Å². The molecule has 1 unspecified atom stereocenters. The van der Waals surface area contributed by atoms with E-state index in [9.17, 15) is 4.39 Å². The molecule has 3 N–H and O–H groups in total. The molecule has 0 aromatic heterocycles. The first-order chi connectivity index (χ1) is 7.61. The second-order valence-electron chi connectivity index (χ2n) is 4.09. The molecule has 3 heteroatoms. The van der Waals surface area contributed by atoms with Gasteiger partial charge in [-0.2, -0.15) is 0 Å². The second kappa shape index (κ2) is 5.64. The topological polar surface area (TPSA) is 38.0 Å². The van der Waals surface area contributed by atoms with Crippen LogP contribution in [0.1, 0.15) is 12.5 Å². The minimum Gasteiger partial charge on any atom is -0.329 e. The summed E-state index contributed by atoms with van der Waals surface area (Å²) in [5.41, 5.74) is 5.98. The van der Waals surface area contributed by atoms with Crippen LogP contribution in [0.5, 0.6) is 0 Å². The molecule has 2 nitrogen and oxygen atoms in total. The highest BCUT2D eigenvalue weighted by Crippen LogP contribution is 2.15. The molecule has 0 heterocycles. The van der Waals surface area contributed by atoms with Crippen LogP contribution in [0.2, 0.25) is 0 Å². The summed E-state index contributed by atoms with van der Waals surface area (Å²) >= 11 is 0. The summed E-state index contributed by atoms with van der Waals surface area (Å²) in [5.74, 6) is 2.29. The number of rotatable bonds is 5. The molecule has 0 saturated carbocycles. The van der Waals surface area contributed by atoms with Gasteiger partial charge in [0.25, 0.3) is 0 Å². The Morgan fingerprint density at radius 3 is 2.75 bits per heavy atom. The molecule has 0 radical (unpaired) electrons. The number of nitrogens with one attached hydrogen (secondary N) is 1. The third-order valence-corrected chi connectivity index (χ3v) is 2.61. The Balaban J connectivity index is 2.77. The summed E-state index contributed by atoms with van der Waals surface area (Å²) < 4.78 is 13.5. The summed E-state index contributed by atoms with van der Waals surface area (Å²) in [6.07, 6.45) is 5.71. The van der Waals surface area contributed by atoms with Crippen LogP contribution in [0.3, 0.4) is 0 Å². The first-order valence-corrected chi connectivity index (χ1v) is 5.23. The first-order valence-electron chi connectivity index (χ1n) is 5.23. The highest BCUT2D eigenvalue weighted by Gasteiger charge is 2.22. The van der Waals surface area contributed by atoms with Crippen molar-refractivity contribution < 1.29 is 4.39 Å². The summed E-state index contributed by atoms with van der Waals surface area (Å²) in [4.78, 5) is 0. The van der Waals surface area contributed by atoms with E-state index < -0.39 is 0 Å². The highest BCUT2D eigenvalue weighted by atomic mass is 19.1. The van der Waals surface area contributed by atoms with E-state index in [1.807, 2.05) is 13.0 Å². The lowest BCUT2D eigenvalue weighted by Gasteiger charge is -2.29. The van der Waals surface area contributed by atoms with Crippen LogP contribution in [-0.4, -0.2) is 18.6 Å². The van der Waals surface area contributed by atoms with Gasteiger partial charge in [-0.15, -0.1) is 6.42 Å². The fraction of sp³-hybridized carbons (Fsp3) is 0.385. The standard InChI is InChI=1S/C13H17FN2/c1-3-8-16-13(2,10-15)9-11-6-4-5-7-12(11)14/h1,4-7,16H,8-10,15H2,2H3. The van der Waals surface area contributed by atoms with Gasteiger partial charge in [-0.1, -0.05) is 24.1 Å². The molecule has 0 aliphatic rings. The minimum atomic E-state index is -0.367. The van der Waals surface area contributed by atoms with Crippen LogP contribution in [0.25, 0.3) is 0 Å². The van der Waals surface area contributed by atoms with E-state index in [1.54, 1.807) is 12.1 Å². The molecule has 0 amide bonds. The summed E-state index contributed by atoms with van der Waals surface area (Å²) in [6, 6.07) is 6.71. The quantitative estimate of drug-likeness (QED) is 0.734. The van der Waals surface area contributed by atoms with E-state index in [4.69, 9.17) is 12.2 Å². The van der Waals surface area contributed by atoms with Crippen LogP contribution in [0.4, 0.5) is 4.39 Å². The summed E-state index contributed by atoms with van der Waals surface area (Å²) in [6.45, 7) is 2.78. The van der Waals surface area contributed by atoms with Gasteiger partial charge in [-0.05, 0) is 25.0 Å². The Morgan fingerprint density at radius 1 is 1.50 bits per heavy atom. The van der Waals surface area contributed by atoms with E-state index in [0.29, 0.717) is 25.1 Å². The third-order valence-electron chi connectivity index (χ3n) is 2.61. The lowest BCUT2D eigenvalue weighted by Crippen LogP contribution is -2.50. The Morgan fingerprint density at radius 2 is 2.19 bits per heavy atom. The lowest BCUT2D eigenvalue weighted by atomic mass is 9.92. The number of hydrogen-bond donors (Lipinski definition) is 2. The van der Waals surface area contributed by atoms with Gasteiger partial charge in [0.1, 0.15) is 5.82 Å². The van der Waals surface area contributed by atoms with E-state index in [1.165, 1.54) is 6.07 Å². The predicted molar refractivity (Wildman–Crippen MR) is 64.4 cm³/mol. The van der Waals surface area contributed by atoms with Crippen LogP contribution in [0, 0.1) is 18.2 Å². The SMILES string of the molecule is C#CCNC(C)(CN)Cc1ccccc1F. The van der Waals surface area contributed by atoms with Crippen molar-refractivity contribution in [1.82, 2.24) is 5.32 Å². The van der Waals surface area contributed by atoms with Gasteiger partial charge in [-0.25, -0.2) is 4.39 Å². The van der Waals surface area contributed by atoms with Gasteiger partial charge in [0.2, 0.25) is 0 Å². The number of terminal acetylenes is 1. The van der Waals surface area contributed by atoms with Crippen molar-refractivity contribution in [2.45, 2.75) is 18.9 Å². The molecule has 1 aromatic rings. The third kappa shape index (κ3) is 3.34. The molecule has 0 aliphatic heterocycles. The van der Waals surface area contributed by atoms with Crippen LogP contribution >= 0.6 is 0 Å². The number of hydrogen-bond acceptors (Lipinski definition) is 2. The zero-order valence-electron chi connectivity index (χ0n) is 9.46. The van der Waals surface area contributed by atoms with Crippen molar-refractivity contribution in [3.8, 4) is 12.3 Å². The molecule has 0 saturated heterocycles. The van der Waals surface area contributed by atoms with E-state index in [0.717, 1.165) is 0 Å². The highest BCUT2D eigenvalue weighted by molar-refractivity contribution is 5.20. The van der Waals surface area contributed by atoms with Gasteiger partial charge < -0.3 is 5.73 Å². The Hall–Kier alpha value is -1.37. The minimum absolute atomic E-state index is 0.204.